The van der Waals surface area contributed by atoms with Gasteiger partial charge in [-0.3, -0.25) is 0 Å². The van der Waals surface area contributed by atoms with Crippen molar-refractivity contribution in [2.45, 2.75) is 6.92 Å². The Labute approximate surface area is 39.3 Å². The molecule has 1 radical (unpaired) electrons. The van der Waals surface area contributed by atoms with Gasteiger partial charge in [-0.25, -0.2) is 0 Å². The molecule has 0 N–H and O–H groups in total. The second kappa shape index (κ2) is 2.04. The average molecular weight is 142 g/mol. The van der Waals surface area contributed by atoms with E-state index in [2.05, 4.69) is 15.9 Å². The molecule has 0 aliphatic rings. The molecule has 0 rings (SSSR count). The highest BCUT2D eigenvalue weighted by atomic mass is 79.9. The molecule has 0 saturated heterocycles. The van der Waals surface area contributed by atoms with Crippen molar-refractivity contribution in [1.29, 1.82) is 0 Å². The van der Waals surface area contributed by atoms with Crippen molar-refractivity contribution < 1.29 is 0 Å². The third kappa shape index (κ3) is 14.6. The fraction of sp³-hybridized carbons (Fsp3) is 0.500. The molecule has 0 aromatic rings. The Morgan fingerprint density at radius 3 is 2.00 bits per heavy atom. The average Bonchev–Trinajstić information content (AvgIpc) is 0.811. The molecule has 4 heavy (non-hydrogen) atoms. The zero-order chi connectivity index (χ0) is 3.58. The predicted molar refractivity (Wildman–Crippen MR) is 23.7 cm³/mol. The maximum absolute atomic E-state index is 5.11. The fourth-order valence-electron chi connectivity index (χ4n) is 0. The molecule has 0 atom stereocenters. The van der Waals surface area contributed by atoms with Crippen LogP contribution in [0.5, 0.6) is 0 Å². The summed E-state index contributed by atoms with van der Waals surface area (Å²) in [4.78, 5) is 0. The molecule has 0 aliphatic heterocycles. The summed E-state index contributed by atoms with van der Waals surface area (Å²) in [5.74, 6) is 0. The van der Waals surface area contributed by atoms with Gasteiger partial charge >= 0.3 is 0 Å². The van der Waals surface area contributed by atoms with Crippen molar-refractivity contribution in [1.82, 2.24) is 0 Å². The highest BCUT2D eigenvalue weighted by molar-refractivity contribution is 9.11. The van der Waals surface area contributed by atoms with Crippen LogP contribution in [0.3, 0.4) is 0 Å². The lowest BCUT2D eigenvalue weighted by atomic mass is 11.0. The zero-order valence-electron chi connectivity index (χ0n) is 2.26. The van der Waals surface area contributed by atoms with Crippen molar-refractivity contribution in [2.75, 3.05) is 0 Å². The molecule has 0 amide bonds. The van der Waals surface area contributed by atoms with Crippen molar-refractivity contribution >= 4 is 27.5 Å². The summed E-state index contributed by atoms with van der Waals surface area (Å²) in [6.07, 6.45) is 0. The molecule has 0 nitrogen and oxygen atoms in total. The lowest BCUT2D eigenvalue weighted by Crippen LogP contribution is -1.45. The molecule has 0 aromatic carbocycles. The van der Waals surface area contributed by atoms with Gasteiger partial charge in [0.1, 0.15) is 4.29 Å². The first-order chi connectivity index (χ1) is 1.73. The summed E-state index contributed by atoms with van der Waals surface area (Å²) in [6.45, 7) is 1.77. The smallest absolute Gasteiger partial charge is 0.104 e. The lowest BCUT2D eigenvalue weighted by molar-refractivity contribution is 1.67. The monoisotopic (exact) mass is 141 g/mol. The summed E-state index contributed by atoms with van der Waals surface area (Å²) in [5, 5.41) is 0. The van der Waals surface area contributed by atoms with E-state index in [0.29, 0.717) is 4.29 Å². The summed E-state index contributed by atoms with van der Waals surface area (Å²) >= 11 is 8.06. The van der Waals surface area contributed by atoms with E-state index < -0.39 is 0 Å². The Morgan fingerprint density at radius 1 is 2.00 bits per heavy atom. The number of rotatable bonds is 0. The van der Waals surface area contributed by atoms with Crippen LogP contribution in [-0.2, 0) is 0 Å². The first kappa shape index (κ1) is 4.77. The van der Waals surface area contributed by atoms with Gasteiger partial charge in [0, 0.05) is 0 Å². The maximum Gasteiger partial charge on any atom is 0.125 e. The molecular weight excluding hydrogens is 139 g/mol. The summed E-state index contributed by atoms with van der Waals surface area (Å²) in [7, 11) is 0. The number of hydrogen-bond donors (Lipinski definition) is 0. The first-order valence-electron chi connectivity index (χ1n) is 0.878. The Bertz CT molecular complexity index is 10.8. The molecule has 0 bridgehead atoms. The number of hydrogen-bond acceptors (Lipinski definition) is 0. The minimum absolute atomic E-state index is 0.701. The molecule has 0 unspecified atom stereocenters. The molecule has 2 heteroatoms. The molecule has 0 heterocycles. The summed E-state index contributed by atoms with van der Waals surface area (Å²) in [5.41, 5.74) is 0. The van der Waals surface area contributed by atoms with Gasteiger partial charge in [-0.1, -0.05) is 15.9 Å². The fourth-order valence-corrected chi connectivity index (χ4v) is 0. The van der Waals surface area contributed by atoms with Crippen LogP contribution in [0.1, 0.15) is 6.92 Å². The van der Waals surface area contributed by atoms with E-state index in [9.17, 15) is 0 Å². The topological polar surface area (TPSA) is 0 Å². The van der Waals surface area contributed by atoms with Crippen LogP contribution in [0.2, 0.25) is 0 Å². The molecular formula is C2H3BrCl. The quantitative estimate of drug-likeness (QED) is 0.486. The van der Waals surface area contributed by atoms with Gasteiger partial charge in [0.2, 0.25) is 0 Å². The van der Waals surface area contributed by atoms with E-state index in [-0.39, 0.29) is 0 Å². The normalized spacial score (nSPS) is 9.00. The van der Waals surface area contributed by atoms with Gasteiger partial charge in [0.05, 0.1) is 0 Å². The Balaban J connectivity index is 2.32. The Kier molecular flexibility index (Phi) is 2.43. The second-order valence-electron chi connectivity index (χ2n) is 0.449. The second-order valence-corrected chi connectivity index (χ2v) is 2.66. The summed E-state index contributed by atoms with van der Waals surface area (Å²) < 4.78 is 0.701. The predicted octanol–water partition coefficient (Wildman–Crippen LogP) is 2.13. The Hall–Kier alpha value is 0.770. The van der Waals surface area contributed by atoms with Gasteiger partial charge in [0.25, 0.3) is 0 Å². The van der Waals surface area contributed by atoms with E-state index in [1.165, 1.54) is 0 Å². The lowest BCUT2D eigenvalue weighted by Gasteiger charge is -1.71. The minimum atomic E-state index is 0.701. The first-order valence-corrected chi connectivity index (χ1v) is 2.05. The van der Waals surface area contributed by atoms with Crippen LogP contribution >= 0.6 is 27.5 Å². The van der Waals surface area contributed by atoms with E-state index in [1.54, 1.807) is 6.92 Å². The SMILES string of the molecule is C[C](Cl)Br. The third-order valence-corrected chi connectivity index (χ3v) is 0. The van der Waals surface area contributed by atoms with Crippen molar-refractivity contribution in [3.05, 3.63) is 4.29 Å². The highest BCUT2D eigenvalue weighted by Crippen LogP contribution is 2.10. The third-order valence-electron chi connectivity index (χ3n) is 0. The standard InChI is InChI=1S/C2H3BrCl/c1-2(3)4/h1H3. The summed E-state index contributed by atoms with van der Waals surface area (Å²) in [6, 6.07) is 0. The molecule has 0 fully saturated rings. The molecule has 0 saturated carbocycles. The highest BCUT2D eigenvalue weighted by Gasteiger charge is 1.76. The number of halogens is 2. The molecule has 0 spiro atoms. The van der Waals surface area contributed by atoms with Crippen LogP contribution in [0, 0.1) is 4.29 Å². The van der Waals surface area contributed by atoms with E-state index in [1.807, 2.05) is 0 Å². The van der Waals surface area contributed by atoms with Crippen LogP contribution < -0.4 is 0 Å². The van der Waals surface area contributed by atoms with Crippen molar-refractivity contribution in [3.63, 3.8) is 0 Å². The van der Waals surface area contributed by atoms with Crippen LogP contribution in [0.15, 0.2) is 0 Å². The van der Waals surface area contributed by atoms with Gasteiger partial charge in [0.15, 0.2) is 0 Å². The molecule has 25 valence electrons. The van der Waals surface area contributed by atoms with Crippen LogP contribution in [-0.4, -0.2) is 0 Å². The minimum Gasteiger partial charge on any atom is -0.104 e. The van der Waals surface area contributed by atoms with E-state index >= 15 is 0 Å². The van der Waals surface area contributed by atoms with E-state index in [0.717, 1.165) is 0 Å². The van der Waals surface area contributed by atoms with Crippen LogP contribution in [0.25, 0.3) is 0 Å². The molecule has 0 aliphatic carbocycles. The van der Waals surface area contributed by atoms with Gasteiger partial charge in [-0.15, -0.1) is 11.6 Å². The maximum atomic E-state index is 5.11. The largest absolute Gasteiger partial charge is 0.125 e. The van der Waals surface area contributed by atoms with E-state index in [4.69, 9.17) is 11.6 Å². The van der Waals surface area contributed by atoms with Crippen LogP contribution in [0.4, 0.5) is 0 Å². The van der Waals surface area contributed by atoms with Gasteiger partial charge in [-0.2, -0.15) is 0 Å². The van der Waals surface area contributed by atoms with Gasteiger partial charge in [-0.05, 0) is 6.92 Å². The Morgan fingerprint density at radius 2 is 2.00 bits per heavy atom. The molecule has 0 aromatic heterocycles. The zero-order valence-corrected chi connectivity index (χ0v) is 4.60. The van der Waals surface area contributed by atoms with Crippen molar-refractivity contribution in [3.8, 4) is 0 Å². The van der Waals surface area contributed by atoms with Crippen molar-refractivity contribution in [2.24, 2.45) is 0 Å². The van der Waals surface area contributed by atoms with Gasteiger partial charge < -0.3 is 0 Å².